The highest BCUT2D eigenvalue weighted by Gasteiger charge is 2.17. The second kappa shape index (κ2) is 12.9. The number of hydrogen-bond acceptors (Lipinski definition) is 2. The van der Waals surface area contributed by atoms with Crippen molar-refractivity contribution in [3.8, 4) is 11.1 Å². The summed E-state index contributed by atoms with van der Waals surface area (Å²) in [7, 11) is 6.28. The largest absolute Gasteiger partial charge is 0.310 e. The molecule has 48 heavy (non-hydrogen) atoms. The van der Waals surface area contributed by atoms with E-state index in [1.54, 1.807) is 0 Å². The van der Waals surface area contributed by atoms with Crippen molar-refractivity contribution in [1.82, 2.24) is 0 Å². The lowest BCUT2D eigenvalue weighted by Crippen LogP contribution is -2.13. The zero-order valence-electron chi connectivity index (χ0n) is 26.2. The molecule has 0 fully saturated rings. The standard InChI is InChI=1S/C44H30BBrN2/c45-35-13-7-15-39(29-35)47(43-19-5-11-33-9-1-3-17-41(33)43)37-25-21-31(22-26-37)32-23-27-38(28-24-32)48(40-16-8-14-36(46)30-40)44-20-6-12-34-10-2-4-18-42(34)44/h1-30H. The van der Waals surface area contributed by atoms with E-state index in [1.165, 1.54) is 21.5 Å². The van der Waals surface area contributed by atoms with Crippen LogP contribution in [0.1, 0.15) is 0 Å². The van der Waals surface area contributed by atoms with E-state index >= 15 is 0 Å². The minimum atomic E-state index is 0.731. The van der Waals surface area contributed by atoms with E-state index in [0.29, 0.717) is 0 Å². The van der Waals surface area contributed by atoms with Crippen LogP contribution >= 0.6 is 15.9 Å². The summed E-state index contributed by atoms with van der Waals surface area (Å²) < 4.78 is 1.04. The molecule has 0 bridgehead atoms. The van der Waals surface area contributed by atoms with Gasteiger partial charge in [-0.1, -0.05) is 137 Å². The first-order valence-electron chi connectivity index (χ1n) is 16.0. The molecule has 0 amide bonds. The highest BCUT2D eigenvalue weighted by atomic mass is 79.9. The topological polar surface area (TPSA) is 6.48 Å². The van der Waals surface area contributed by atoms with Crippen LogP contribution in [0, 0.1) is 0 Å². The van der Waals surface area contributed by atoms with Crippen LogP contribution in [0.5, 0.6) is 0 Å². The second-order valence-electron chi connectivity index (χ2n) is 11.8. The molecule has 4 heteroatoms. The third kappa shape index (κ3) is 5.76. The zero-order valence-corrected chi connectivity index (χ0v) is 27.8. The molecule has 8 rings (SSSR count). The molecule has 0 N–H and O–H groups in total. The Morgan fingerprint density at radius 3 is 1.31 bits per heavy atom. The first-order chi connectivity index (χ1) is 23.6. The SMILES string of the molecule is [B]c1cccc(N(c2ccc(-c3ccc(N(c4cccc(Br)c4)c4cccc5ccccc45)cc3)cc2)c2cccc3ccccc23)c1. The van der Waals surface area contributed by atoms with Gasteiger partial charge in [0, 0.05) is 38.0 Å². The third-order valence-electron chi connectivity index (χ3n) is 8.79. The maximum Gasteiger partial charge on any atom is 0.113 e. The van der Waals surface area contributed by atoms with Crippen molar-refractivity contribution in [3.05, 3.63) is 186 Å². The number of rotatable bonds is 7. The molecule has 8 aromatic carbocycles. The molecular formula is C44H30BBrN2. The summed E-state index contributed by atoms with van der Waals surface area (Å²) in [5.74, 6) is 0. The Morgan fingerprint density at radius 2 is 0.812 bits per heavy atom. The van der Waals surface area contributed by atoms with Crippen molar-refractivity contribution >= 4 is 84.9 Å². The molecule has 0 aliphatic rings. The molecule has 0 aliphatic heterocycles. The first kappa shape index (κ1) is 29.8. The average Bonchev–Trinajstić information content (AvgIpc) is 3.13. The number of fused-ring (bicyclic) bond motifs is 2. The Labute approximate surface area is 291 Å². The smallest absolute Gasteiger partial charge is 0.113 e. The van der Waals surface area contributed by atoms with E-state index in [-0.39, 0.29) is 0 Å². The van der Waals surface area contributed by atoms with E-state index < -0.39 is 0 Å². The Bertz CT molecular complexity index is 2200. The molecule has 0 spiro atoms. The fourth-order valence-electron chi connectivity index (χ4n) is 6.55. The maximum absolute atomic E-state index is 6.28. The predicted octanol–water partition coefficient (Wildman–Crippen LogP) is 12.2. The van der Waals surface area contributed by atoms with Crippen LogP contribution in [0.3, 0.4) is 0 Å². The Morgan fingerprint density at radius 1 is 0.375 bits per heavy atom. The lowest BCUT2D eigenvalue weighted by Gasteiger charge is -2.28. The van der Waals surface area contributed by atoms with Gasteiger partial charge in [-0.15, -0.1) is 0 Å². The molecule has 8 aromatic rings. The molecule has 0 saturated heterocycles. The summed E-state index contributed by atoms with van der Waals surface area (Å²) in [4.78, 5) is 4.61. The highest BCUT2D eigenvalue weighted by molar-refractivity contribution is 9.10. The quantitative estimate of drug-likeness (QED) is 0.155. The lowest BCUT2D eigenvalue weighted by molar-refractivity contribution is 1.29. The van der Waals surface area contributed by atoms with Gasteiger partial charge < -0.3 is 9.80 Å². The molecule has 0 saturated carbocycles. The van der Waals surface area contributed by atoms with Gasteiger partial charge in [-0.25, -0.2) is 0 Å². The van der Waals surface area contributed by atoms with Crippen molar-refractivity contribution in [2.45, 2.75) is 0 Å². The van der Waals surface area contributed by atoms with Crippen molar-refractivity contribution in [2.24, 2.45) is 0 Å². The molecule has 2 nitrogen and oxygen atoms in total. The van der Waals surface area contributed by atoms with Crippen LogP contribution in [0.25, 0.3) is 32.7 Å². The lowest BCUT2D eigenvalue weighted by atomic mass is 9.95. The van der Waals surface area contributed by atoms with Crippen molar-refractivity contribution in [2.75, 3.05) is 9.80 Å². The van der Waals surface area contributed by atoms with E-state index in [9.17, 15) is 0 Å². The summed E-state index contributed by atoms with van der Waals surface area (Å²) in [6, 6.07) is 64.1. The first-order valence-corrected chi connectivity index (χ1v) is 16.8. The van der Waals surface area contributed by atoms with Crippen LogP contribution in [0.4, 0.5) is 34.1 Å². The molecule has 2 radical (unpaired) electrons. The summed E-state index contributed by atoms with van der Waals surface area (Å²) in [6.07, 6.45) is 0. The van der Waals surface area contributed by atoms with Crippen LogP contribution < -0.4 is 15.3 Å². The Kier molecular flexibility index (Phi) is 8.01. The minimum Gasteiger partial charge on any atom is -0.310 e. The fourth-order valence-corrected chi connectivity index (χ4v) is 6.93. The van der Waals surface area contributed by atoms with Gasteiger partial charge in [0.15, 0.2) is 0 Å². The van der Waals surface area contributed by atoms with Gasteiger partial charge in [0.2, 0.25) is 0 Å². The zero-order chi connectivity index (χ0) is 32.5. The monoisotopic (exact) mass is 676 g/mol. The molecule has 226 valence electrons. The normalized spacial score (nSPS) is 11.1. The van der Waals surface area contributed by atoms with Gasteiger partial charge >= 0.3 is 0 Å². The van der Waals surface area contributed by atoms with E-state index in [4.69, 9.17) is 7.85 Å². The van der Waals surface area contributed by atoms with Gasteiger partial charge in [-0.2, -0.15) is 0 Å². The highest BCUT2D eigenvalue weighted by Crippen LogP contribution is 2.42. The molecule has 0 aromatic heterocycles. The van der Waals surface area contributed by atoms with E-state index in [1.807, 2.05) is 18.2 Å². The Balaban J connectivity index is 1.17. The van der Waals surface area contributed by atoms with Crippen LogP contribution in [0.15, 0.2) is 186 Å². The molecule has 0 atom stereocenters. The van der Waals surface area contributed by atoms with Crippen LogP contribution in [0.2, 0.25) is 0 Å². The van der Waals surface area contributed by atoms with Crippen molar-refractivity contribution in [1.29, 1.82) is 0 Å². The van der Waals surface area contributed by atoms with Gasteiger partial charge in [0.25, 0.3) is 0 Å². The molecular weight excluding hydrogens is 647 g/mol. The number of anilines is 6. The van der Waals surface area contributed by atoms with Gasteiger partial charge in [-0.05, 0) is 88.6 Å². The van der Waals surface area contributed by atoms with E-state index in [2.05, 4.69) is 190 Å². The van der Waals surface area contributed by atoms with Gasteiger partial charge in [-0.3, -0.25) is 0 Å². The molecule has 0 aliphatic carbocycles. The Hall–Kier alpha value is -5.58. The summed E-state index contributed by atoms with van der Waals surface area (Å²) in [5, 5.41) is 4.79. The van der Waals surface area contributed by atoms with Crippen LogP contribution in [-0.2, 0) is 0 Å². The number of hydrogen-bond donors (Lipinski definition) is 0. The predicted molar refractivity (Wildman–Crippen MR) is 209 cm³/mol. The summed E-state index contributed by atoms with van der Waals surface area (Å²) in [5.41, 5.74) is 9.54. The number of halogens is 1. The third-order valence-corrected chi connectivity index (χ3v) is 9.29. The maximum atomic E-state index is 6.28. The van der Waals surface area contributed by atoms with Gasteiger partial charge in [0.1, 0.15) is 7.85 Å². The van der Waals surface area contributed by atoms with Gasteiger partial charge in [0.05, 0.1) is 11.4 Å². The van der Waals surface area contributed by atoms with E-state index in [0.717, 1.165) is 55.2 Å². The fraction of sp³-hybridized carbons (Fsp3) is 0. The summed E-state index contributed by atoms with van der Waals surface area (Å²) >= 11 is 3.69. The van der Waals surface area contributed by atoms with Crippen LogP contribution in [-0.4, -0.2) is 7.85 Å². The molecule has 0 unspecified atom stereocenters. The molecule has 0 heterocycles. The van der Waals surface area contributed by atoms with Crippen molar-refractivity contribution < 1.29 is 0 Å². The number of nitrogens with zero attached hydrogens (tertiary/aromatic N) is 2. The second-order valence-corrected chi connectivity index (χ2v) is 12.8. The minimum absolute atomic E-state index is 0.731. The summed E-state index contributed by atoms with van der Waals surface area (Å²) in [6.45, 7) is 0. The van der Waals surface area contributed by atoms with Crippen molar-refractivity contribution in [3.63, 3.8) is 0 Å². The number of benzene rings is 8. The average molecular weight is 677 g/mol.